The molecule has 4 nitrogen and oxygen atoms in total. The Labute approximate surface area is 94.6 Å². The molecule has 2 N–H and O–H groups in total. The van der Waals surface area contributed by atoms with Crippen molar-refractivity contribution in [1.82, 2.24) is 15.0 Å². The molecule has 1 unspecified atom stereocenters. The van der Waals surface area contributed by atoms with Gasteiger partial charge in [-0.05, 0) is 24.6 Å². The number of nitrogens with two attached hydrogens (primary N) is 1. The standard InChI is InChI=1S/C12H14N4/c1-9-7-15-12(16-8-9)11(13)6-10-4-2-3-5-14-10/h2-5,7-8,11H,6,13H2,1H3. The van der Waals surface area contributed by atoms with Gasteiger partial charge in [-0.2, -0.15) is 0 Å². The van der Waals surface area contributed by atoms with Crippen LogP contribution < -0.4 is 5.73 Å². The van der Waals surface area contributed by atoms with Gasteiger partial charge in [-0.3, -0.25) is 4.98 Å². The van der Waals surface area contributed by atoms with Gasteiger partial charge in [-0.15, -0.1) is 0 Å². The van der Waals surface area contributed by atoms with Gasteiger partial charge < -0.3 is 5.73 Å². The highest BCUT2D eigenvalue weighted by molar-refractivity contribution is 5.09. The van der Waals surface area contributed by atoms with Gasteiger partial charge in [0, 0.05) is 30.7 Å². The number of nitrogens with zero attached hydrogens (tertiary/aromatic N) is 3. The normalized spacial score (nSPS) is 12.4. The summed E-state index contributed by atoms with van der Waals surface area (Å²) in [6, 6.07) is 5.59. The first kappa shape index (κ1) is 10.7. The van der Waals surface area contributed by atoms with Gasteiger partial charge in [0.2, 0.25) is 0 Å². The SMILES string of the molecule is Cc1cnc(C(N)Cc2ccccn2)nc1. The van der Waals surface area contributed by atoms with Crippen LogP contribution in [0.2, 0.25) is 0 Å². The minimum absolute atomic E-state index is 0.199. The van der Waals surface area contributed by atoms with E-state index in [4.69, 9.17) is 5.73 Å². The predicted octanol–water partition coefficient (Wildman–Crippen LogP) is 1.42. The van der Waals surface area contributed by atoms with Gasteiger partial charge in [0.25, 0.3) is 0 Å². The number of hydrogen-bond donors (Lipinski definition) is 1. The molecule has 2 heterocycles. The van der Waals surface area contributed by atoms with Crippen LogP contribution in [0.25, 0.3) is 0 Å². The van der Waals surface area contributed by atoms with E-state index in [-0.39, 0.29) is 6.04 Å². The topological polar surface area (TPSA) is 64.7 Å². The van der Waals surface area contributed by atoms with Gasteiger partial charge in [0.1, 0.15) is 5.82 Å². The van der Waals surface area contributed by atoms with Crippen molar-refractivity contribution in [3.8, 4) is 0 Å². The molecule has 1 atom stereocenters. The molecule has 0 fully saturated rings. The average Bonchev–Trinajstić information content (AvgIpc) is 2.31. The third-order valence-corrected chi connectivity index (χ3v) is 2.29. The van der Waals surface area contributed by atoms with Crippen LogP contribution in [0.15, 0.2) is 36.8 Å². The summed E-state index contributed by atoms with van der Waals surface area (Å²) in [6.07, 6.45) is 5.98. The summed E-state index contributed by atoms with van der Waals surface area (Å²) in [6.45, 7) is 1.95. The Hall–Kier alpha value is -1.81. The predicted molar refractivity (Wildman–Crippen MR) is 61.6 cm³/mol. The fourth-order valence-electron chi connectivity index (χ4n) is 1.43. The third kappa shape index (κ3) is 2.61. The highest BCUT2D eigenvalue weighted by atomic mass is 14.9. The van der Waals surface area contributed by atoms with Crippen molar-refractivity contribution in [2.24, 2.45) is 5.73 Å². The van der Waals surface area contributed by atoms with Crippen LogP contribution >= 0.6 is 0 Å². The number of aryl methyl sites for hydroxylation is 1. The molecule has 0 spiro atoms. The summed E-state index contributed by atoms with van der Waals surface area (Å²) in [5.41, 5.74) is 8.01. The van der Waals surface area contributed by atoms with E-state index in [9.17, 15) is 0 Å². The largest absolute Gasteiger partial charge is 0.321 e. The summed E-state index contributed by atoms with van der Waals surface area (Å²) in [4.78, 5) is 12.6. The number of aromatic nitrogens is 3. The van der Waals surface area contributed by atoms with E-state index in [0.29, 0.717) is 12.2 Å². The highest BCUT2D eigenvalue weighted by Crippen LogP contribution is 2.10. The lowest BCUT2D eigenvalue weighted by atomic mass is 10.1. The first-order chi connectivity index (χ1) is 7.75. The fourth-order valence-corrected chi connectivity index (χ4v) is 1.43. The lowest BCUT2D eigenvalue weighted by molar-refractivity contribution is 0.655. The zero-order chi connectivity index (χ0) is 11.4. The molecule has 0 aliphatic heterocycles. The summed E-state index contributed by atoms with van der Waals surface area (Å²) >= 11 is 0. The van der Waals surface area contributed by atoms with Crippen LogP contribution in [0.1, 0.15) is 23.1 Å². The summed E-state index contributed by atoms with van der Waals surface area (Å²) in [7, 11) is 0. The van der Waals surface area contributed by atoms with Gasteiger partial charge in [-0.1, -0.05) is 6.07 Å². The smallest absolute Gasteiger partial charge is 0.145 e. The molecule has 0 amide bonds. The van der Waals surface area contributed by atoms with Crippen molar-refractivity contribution in [2.75, 3.05) is 0 Å². The van der Waals surface area contributed by atoms with E-state index in [0.717, 1.165) is 11.3 Å². The lowest BCUT2D eigenvalue weighted by Crippen LogP contribution is -2.17. The summed E-state index contributed by atoms with van der Waals surface area (Å²) < 4.78 is 0. The van der Waals surface area contributed by atoms with E-state index in [1.165, 1.54) is 0 Å². The van der Waals surface area contributed by atoms with Crippen LogP contribution in [0.5, 0.6) is 0 Å². The fraction of sp³-hybridized carbons (Fsp3) is 0.250. The van der Waals surface area contributed by atoms with Crippen molar-refractivity contribution in [2.45, 2.75) is 19.4 Å². The van der Waals surface area contributed by atoms with Crippen molar-refractivity contribution in [1.29, 1.82) is 0 Å². The van der Waals surface area contributed by atoms with E-state index in [1.807, 2.05) is 25.1 Å². The van der Waals surface area contributed by atoms with Crippen molar-refractivity contribution in [3.63, 3.8) is 0 Å². The third-order valence-electron chi connectivity index (χ3n) is 2.29. The summed E-state index contributed by atoms with van der Waals surface area (Å²) in [5.74, 6) is 0.663. The molecular formula is C12H14N4. The van der Waals surface area contributed by atoms with Crippen LogP contribution in [-0.2, 0) is 6.42 Å². The molecule has 0 saturated heterocycles. The molecule has 0 radical (unpaired) electrons. The second kappa shape index (κ2) is 4.81. The molecular weight excluding hydrogens is 200 g/mol. The Morgan fingerprint density at radius 2 is 1.94 bits per heavy atom. The average molecular weight is 214 g/mol. The van der Waals surface area contributed by atoms with Gasteiger partial charge in [0.05, 0.1) is 6.04 Å². The molecule has 82 valence electrons. The maximum atomic E-state index is 6.01. The van der Waals surface area contributed by atoms with Crippen LogP contribution in [0.3, 0.4) is 0 Å². The van der Waals surface area contributed by atoms with Crippen molar-refractivity contribution in [3.05, 3.63) is 53.9 Å². The molecule has 0 aromatic carbocycles. The molecule has 0 aliphatic rings. The Kier molecular flexibility index (Phi) is 3.22. The highest BCUT2D eigenvalue weighted by Gasteiger charge is 2.10. The molecule has 2 rings (SSSR count). The number of hydrogen-bond acceptors (Lipinski definition) is 4. The second-order valence-electron chi connectivity index (χ2n) is 3.75. The monoisotopic (exact) mass is 214 g/mol. The molecule has 16 heavy (non-hydrogen) atoms. The maximum Gasteiger partial charge on any atom is 0.145 e. The van der Waals surface area contributed by atoms with E-state index in [1.54, 1.807) is 18.6 Å². The van der Waals surface area contributed by atoms with Crippen LogP contribution in [0.4, 0.5) is 0 Å². The molecule has 4 heteroatoms. The quantitative estimate of drug-likeness (QED) is 0.839. The van der Waals surface area contributed by atoms with E-state index < -0.39 is 0 Å². The second-order valence-corrected chi connectivity index (χ2v) is 3.75. The van der Waals surface area contributed by atoms with Crippen LogP contribution in [0, 0.1) is 6.92 Å². The van der Waals surface area contributed by atoms with Crippen molar-refractivity contribution < 1.29 is 0 Å². The Morgan fingerprint density at radius 1 is 1.19 bits per heavy atom. The molecule has 2 aromatic rings. The maximum absolute atomic E-state index is 6.01. The Morgan fingerprint density at radius 3 is 2.56 bits per heavy atom. The number of pyridine rings is 1. The van der Waals surface area contributed by atoms with Gasteiger partial charge in [0.15, 0.2) is 0 Å². The van der Waals surface area contributed by atoms with Crippen LogP contribution in [-0.4, -0.2) is 15.0 Å². The number of rotatable bonds is 3. The van der Waals surface area contributed by atoms with E-state index >= 15 is 0 Å². The van der Waals surface area contributed by atoms with E-state index in [2.05, 4.69) is 15.0 Å². The minimum Gasteiger partial charge on any atom is -0.321 e. The lowest BCUT2D eigenvalue weighted by Gasteiger charge is -2.09. The molecule has 0 aliphatic carbocycles. The van der Waals surface area contributed by atoms with Gasteiger partial charge in [-0.25, -0.2) is 9.97 Å². The van der Waals surface area contributed by atoms with Crippen molar-refractivity contribution >= 4 is 0 Å². The van der Waals surface area contributed by atoms with Gasteiger partial charge >= 0.3 is 0 Å². The first-order valence-electron chi connectivity index (χ1n) is 5.20. The zero-order valence-corrected chi connectivity index (χ0v) is 9.17. The Bertz CT molecular complexity index is 438. The summed E-state index contributed by atoms with van der Waals surface area (Å²) in [5, 5.41) is 0. The zero-order valence-electron chi connectivity index (χ0n) is 9.17. The molecule has 0 saturated carbocycles. The molecule has 2 aromatic heterocycles. The minimum atomic E-state index is -0.199. The molecule has 0 bridgehead atoms. The first-order valence-corrected chi connectivity index (χ1v) is 5.20. The Balaban J connectivity index is 2.09.